The van der Waals surface area contributed by atoms with Crippen LogP contribution in [0.15, 0.2) is 71.7 Å². The molecule has 2 aromatic heterocycles. The van der Waals surface area contributed by atoms with Crippen LogP contribution >= 0.6 is 11.6 Å². The fourth-order valence-electron chi connectivity index (χ4n) is 5.00. The van der Waals surface area contributed by atoms with E-state index in [0.29, 0.717) is 55.9 Å². The number of imidazole rings is 2. The lowest BCUT2D eigenvalue weighted by Crippen LogP contribution is -2.15. The van der Waals surface area contributed by atoms with Crippen LogP contribution in [0.2, 0.25) is 5.02 Å². The number of aliphatic imine (C=N–C) groups is 1. The van der Waals surface area contributed by atoms with Gasteiger partial charge in [0, 0.05) is 40.4 Å². The number of hydrogen-bond donors (Lipinski definition) is 4. The molecule has 0 spiro atoms. The molecular weight excluding hydrogens is 568 g/mol. The van der Waals surface area contributed by atoms with E-state index in [1.807, 2.05) is 44.2 Å². The maximum absolute atomic E-state index is 15.3. The van der Waals surface area contributed by atoms with Crippen LogP contribution in [-0.4, -0.2) is 37.5 Å². The van der Waals surface area contributed by atoms with Crippen LogP contribution in [0.4, 0.5) is 8.78 Å². The first-order chi connectivity index (χ1) is 20.5. The molecular formula is C33H28ClF2N7. The summed E-state index contributed by atoms with van der Waals surface area (Å²) in [7, 11) is 0. The Kier molecular flexibility index (Phi) is 7.27. The van der Waals surface area contributed by atoms with E-state index in [4.69, 9.17) is 22.7 Å². The summed E-state index contributed by atoms with van der Waals surface area (Å²) in [5.74, 6) is -0.0377. The van der Waals surface area contributed by atoms with Gasteiger partial charge in [-0.3, -0.25) is 4.99 Å². The summed E-state index contributed by atoms with van der Waals surface area (Å²) in [5.41, 5.74) is 12.5. The van der Waals surface area contributed by atoms with Crippen LogP contribution in [0.1, 0.15) is 43.0 Å². The minimum absolute atomic E-state index is 0.0119. The van der Waals surface area contributed by atoms with Gasteiger partial charge in [0.25, 0.3) is 0 Å². The highest BCUT2D eigenvalue weighted by molar-refractivity contribution is 6.33. The quantitative estimate of drug-likeness (QED) is 0.111. The molecule has 0 unspecified atom stereocenters. The van der Waals surface area contributed by atoms with Gasteiger partial charge in [0.2, 0.25) is 0 Å². The predicted molar refractivity (Wildman–Crippen MR) is 169 cm³/mol. The van der Waals surface area contributed by atoms with Gasteiger partial charge in [0.05, 0.1) is 27.1 Å². The summed E-state index contributed by atoms with van der Waals surface area (Å²) in [4.78, 5) is 19.9. The first-order valence-electron chi connectivity index (χ1n) is 13.7. The van der Waals surface area contributed by atoms with Gasteiger partial charge in [0.15, 0.2) is 0 Å². The summed E-state index contributed by atoms with van der Waals surface area (Å²) in [5, 5.41) is 8.26. The number of nitrogens with one attached hydrogen (secondary N) is 3. The zero-order chi connectivity index (χ0) is 30.4. The number of nitrogens with zero attached hydrogens (tertiary/aromatic N) is 3. The van der Waals surface area contributed by atoms with E-state index < -0.39 is 11.6 Å². The third kappa shape index (κ3) is 5.63. The topological polar surface area (TPSA) is 120 Å². The second-order valence-corrected chi connectivity index (χ2v) is 11.2. The van der Waals surface area contributed by atoms with Crippen molar-refractivity contribution in [1.29, 1.82) is 5.41 Å². The molecule has 0 saturated carbocycles. The molecule has 0 radical (unpaired) electrons. The number of halogens is 3. The molecule has 6 aromatic rings. The predicted octanol–water partition coefficient (Wildman–Crippen LogP) is 7.80. The lowest BCUT2D eigenvalue weighted by Gasteiger charge is -2.09. The van der Waals surface area contributed by atoms with Crippen LogP contribution in [0.3, 0.4) is 0 Å². The molecule has 10 heteroatoms. The van der Waals surface area contributed by atoms with Gasteiger partial charge in [-0.2, -0.15) is 0 Å². The maximum atomic E-state index is 15.3. The van der Waals surface area contributed by atoms with E-state index in [-0.39, 0.29) is 18.0 Å². The summed E-state index contributed by atoms with van der Waals surface area (Å²) in [6, 6.07) is 18.8. The number of amidine groups is 1. The lowest BCUT2D eigenvalue weighted by molar-refractivity contribution is 0.562. The van der Waals surface area contributed by atoms with Gasteiger partial charge in [-0.15, -0.1) is 0 Å². The van der Waals surface area contributed by atoms with Gasteiger partial charge < -0.3 is 21.1 Å². The average Bonchev–Trinajstić information content (AvgIpc) is 3.58. The average molecular weight is 596 g/mol. The third-order valence-corrected chi connectivity index (χ3v) is 7.49. The number of rotatable bonds is 7. The molecule has 0 amide bonds. The molecule has 0 aliphatic carbocycles. The minimum Gasteiger partial charge on any atom is -0.383 e. The van der Waals surface area contributed by atoms with E-state index in [1.54, 1.807) is 31.2 Å². The van der Waals surface area contributed by atoms with Gasteiger partial charge >= 0.3 is 0 Å². The molecule has 216 valence electrons. The van der Waals surface area contributed by atoms with Gasteiger partial charge in [-0.05, 0) is 86.5 Å². The van der Waals surface area contributed by atoms with Crippen LogP contribution in [0.5, 0.6) is 0 Å². The number of aromatic nitrogens is 4. The fraction of sp³-hybridized carbons (Fsp3) is 0.152. The van der Waals surface area contributed by atoms with Crippen molar-refractivity contribution in [1.82, 2.24) is 19.9 Å². The monoisotopic (exact) mass is 595 g/mol. The van der Waals surface area contributed by atoms with E-state index in [9.17, 15) is 0 Å². The number of hydrogen-bond acceptors (Lipinski definition) is 4. The first kappa shape index (κ1) is 28.2. The van der Waals surface area contributed by atoms with E-state index >= 15 is 8.78 Å². The highest BCUT2D eigenvalue weighted by atomic mass is 35.5. The van der Waals surface area contributed by atoms with Crippen molar-refractivity contribution in [2.24, 2.45) is 10.7 Å². The number of benzene rings is 4. The Morgan fingerprint density at radius 1 is 0.884 bits per heavy atom. The van der Waals surface area contributed by atoms with Crippen molar-refractivity contribution in [2.45, 2.75) is 33.2 Å². The van der Waals surface area contributed by atoms with Gasteiger partial charge in [0.1, 0.15) is 29.1 Å². The number of fused-ring (bicyclic) bond motifs is 2. The van der Waals surface area contributed by atoms with Crippen LogP contribution in [0, 0.1) is 17.0 Å². The summed E-state index contributed by atoms with van der Waals surface area (Å²) >= 11 is 6.61. The Hall–Kier alpha value is -4.89. The molecule has 0 aliphatic rings. The van der Waals surface area contributed by atoms with Crippen molar-refractivity contribution < 1.29 is 8.78 Å². The van der Waals surface area contributed by atoms with Crippen molar-refractivity contribution in [3.8, 4) is 22.8 Å². The Bertz CT molecular complexity index is 2050. The molecule has 0 bridgehead atoms. The summed E-state index contributed by atoms with van der Waals surface area (Å²) < 4.78 is 30.6. The number of nitrogens with two attached hydrogens (primary N) is 1. The Morgan fingerprint density at radius 3 is 2.12 bits per heavy atom. The Labute approximate surface area is 251 Å². The van der Waals surface area contributed by atoms with Crippen molar-refractivity contribution in [3.05, 3.63) is 106 Å². The van der Waals surface area contributed by atoms with E-state index in [1.165, 1.54) is 12.1 Å². The molecule has 2 heterocycles. The van der Waals surface area contributed by atoms with Crippen molar-refractivity contribution in [2.75, 3.05) is 0 Å². The summed E-state index contributed by atoms with van der Waals surface area (Å²) in [6.07, 6.45) is 0.0119. The molecule has 5 N–H and O–H groups in total. The van der Waals surface area contributed by atoms with Gasteiger partial charge in [-0.1, -0.05) is 23.7 Å². The molecule has 0 atom stereocenters. The van der Waals surface area contributed by atoms with Crippen LogP contribution in [-0.2, 0) is 6.42 Å². The van der Waals surface area contributed by atoms with Crippen molar-refractivity contribution in [3.63, 3.8) is 0 Å². The maximum Gasteiger partial charge on any atom is 0.139 e. The SMILES string of the molecule is CC(=N)c1ccc2nc(-c3ccc(Cc4c(F)cc(-c5nc6ccc(C(N)=NC(C)C)cc6[nH]5)cc4F)cc3Cl)[nH]c2c1. The molecule has 4 aromatic carbocycles. The van der Waals surface area contributed by atoms with Crippen molar-refractivity contribution >= 4 is 45.2 Å². The third-order valence-electron chi connectivity index (χ3n) is 7.17. The molecule has 0 aliphatic heterocycles. The Balaban J connectivity index is 1.25. The standard InChI is InChI=1S/C33H28ClF2N7/c1-16(2)39-31(38)20-6-9-27-30(15-20)42-32(40-27)21-12-25(35)23(26(36)13-21)10-18-4-7-22(24(34)11-18)33-41-28-8-5-19(17(3)37)14-29(28)43-33/h4-9,11-16,37H,10H2,1-3H3,(H2,38,39)(H,40,42)(H,41,43). The highest BCUT2D eigenvalue weighted by Gasteiger charge is 2.17. The molecule has 0 saturated heterocycles. The Morgan fingerprint density at radius 2 is 1.49 bits per heavy atom. The van der Waals surface area contributed by atoms with Crippen LogP contribution < -0.4 is 5.73 Å². The fourth-order valence-corrected chi connectivity index (χ4v) is 5.29. The second kappa shape index (κ2) is 11.1. The number of aromatic amines is 2. The molecule has 6 rings (SSSR count). The second-order valence-electron chi connectivity index (χ2n) is 10.8. The smallest absolute Gasteiger partial charge is 0.139 e. The molecule has 43 heavy (non-hydrogen) atoms. The molecule has 7 nitrogen and oxygen atoms in total. The lowest BCUT2D eigenvalue weighted by atomic mass is 10.0. The minimum atomic E-state index is -0.681. The van der Waals surface area contributed by atoms with Gasteiger partial charge in [-0.25, -0.2) is 18.7 Å². The zero-order valence-electron chi connectivity index (χ0n) is 23.7. The normalized spacial score (nSPS) is 12.1. The molecule has 0 fully saturated rings. The van der Waals surface area contributed by atoms with E-state index in [2.05, 4.69) is 24.9 Å². The summed E-state index contributed by atoms with van der Waals surface area (Å²) in [6.45, 7) is 5.60. The highest BCUT2D eigenvalue weighted by Crippen LogP contribution is 2.31. The van der Waals surface area contributed by atoms with Crippen LogP contribution in [0.25, 0.3) is 44.8 Å². The zero-order valence-corrected chi connectivity index (χ0v) is 24.4. The first-order valence-corrected chi connectivity index (χ1v) is 14.1. The largest absolute Gasteiger partial charge is 0.383 e. The van der Waals surface area contributed by atoms with E-state index in [0.717, 1.165) is 22.2 Å². The number of H-pyrrole nitrogens is 2.